The summed E-state index contributed by atoms with van der Waals surface area (Å²) in [7, 11) is -3.88. The normalized spacial score (nSPS) is 20.0. The van der Waals surface area contributed by atoms with Crippen molar-refractivity contribution in [2.24, 2.45) is 0 Å². The molecule has 41 heavy (non-hydrogen) atoms. The number of carbonyl (C=O) groups is 1. The second kappa shape index (κ2) is 12.2. The van der Waals surface area contributed by atoms with Crippen LogP contribution in [0.25, 0.3) is 10.8 Å². The third-order valence-corrected chi connectivity index (χ3v) is 9.69. The SMILES string of the molecule is O=C(CC(NS(=O)(=O)c1ccc2ccccc2c1)C1=COCC1)NC1CCOc2cc(CN3CCCCC3)ccc21. The van der Waals surface area contributed by atoms with Gasteiger partial charge in [0.2, 0.25) is 15.9 Å². The van der Waals surface area contributed by atoms with Crippen molar-refractivity contribution in [2.45, 2.75) is 62.0 Å². The summed E-state index contributed by atoms with van der Waals surface area (Å²) < 4.78 is 41.0. The van der Waals surface area contributed by atoms with Crippen LogP contribution < -0.4 is 14.8 Å². The number of hydrogen-bond donors (Lipinski definition) is 2. The van der Waals surface area contributed by atoms with Gasteiger partial charge in [0.25, 0.3) is 0 Å². The van der Waals surface area contributed by atoms with E-state index in [1.165, 1.54) is 24.8 Å². The summed E-state index contributed by atoms with van der Waals surface area (Å²) in [5.41, 5.74) is 2.94. The van der Waals surface area contributed by atoms with E-state index in [4.69, 9.17) is 9.47 Å². The Kier molecular flexibility index (Phi) is 8.27. The first-order valence-corrected chi connectivity index (χ1v) is 16.0. The first-order chi connectivity index (χ1) is 19.9. The standard InChI is InChI=1S/C32H37N3O5S/c36-32(33-29-13-17-40-31-18-23(8-11-28(29)31)21-35-14-4-1-5-15-35)20-30(26-12-16-39-22-26)34-41(37,38)27-10-9-24-6-2-3-7-25(24)19-27/h2-3,6-11,18-19,22,29-30,34H,1,4-5,12-17,20-21H2,(H,33,36). The Labute approximate surface area is 241 Å². The Morgan fingerprint density at radius 2 is 1.80 bits per heavy atom. The van der Waals surface area contributed by atoms with Crippen molar-refractivity contribution in [3.8, 4) is 5.75 Å². The summed E-state index contributed by atoms with van der Waals surface area (Å²) in [5.74, 6) is 0.593. The molecule has 216 valence electrons. The van der Waals surface area contributed by atoms with Crippen LogP contribution >= 0.6 is 0 Å². The highest BCUT2D eigenvalue weighted by atomic mass is 32.2. The van der Waals surface area contributed by atoms with Crippen molar-refractivity contribution in [2.75, 3.05) is 26.3 Å². The van der Waals surface area contributed by atoms with Crippen LogP contribution in [0.3, 0.4) is 0 Å². The number of hydrogen-bond acceptors (Lipinski definition) is 6. The molecule has 1 saturated heterocycles. The number of piperidine rings is 1. The van der Waals surface area contributed by atoms with E-state index in [0.29, 0.717) is 26.1 Å². The molecule has 1 fully saturated rings. The molecular weight excluding hydrogens is 538 g/mol. The number of carbonyl (C=O) groups excluding carboxylic acids is 1. The fourth-order valence-electron chi connectivity index (χ4n) is 5.99. The van der Waals surface area contributed by atoms with E-state index in [1.54, 1.807) is 24.5 Å². The summed E-state index contributed by atoms with van der Waals surface area (Å²) in [6, 6.07) is 18.1. The predicted molar refractivity (Wildman–Crippen MR) is 158 cm³/mol. The van der Waals surface area contributed by atoms with Gasteiger partial charge in [0, 0.05) is 31.4 Å². The molecule has 9 heteroatoms. The molecule has 2 unspecified atom stereocenters. The first kappa shape index (κ1) is 27.8. The minimum absolute atomic E-state index is 0.0261. The molecule has 0 radical (unpaired) electrons. The van der Waals surface area contributed by atoms with Crippen LogP contribution in [0.5, 0.6) is 5.75 Å². The number of likely N-dealkylation sites (tertiary alicyclic amines) is 1. The summed E-state index contributed by atoms with van der Waals surface area (Å²) in [4.78, 5) is 16.0. The van der Waals surface area contributed by atoms with Crippen LogP contribution in [0.2, 0.25) is 0 Å². The number of fused-ring (bicyclic) bond motifs is 2. The highest BCUT2D eigenvalue weighted by Gasteiger charge is 2.30. The predicted octanol–water partition coefficient (Wildman–Crippen LogP) is 4.81. The Morgan fingerprint density at radius 3 is 2.61 bits per heavy atom. The molecule has 0 saturated carbocycles. The number of benzene rings is 3. The van der Waals surface area contributed by atoms with E-state index in [2.05, 4.69) is 33.1 Å². The van der Waals surface area contributed by atoms with E-state index < -0.39 is 16.1 Å². The largest absolute Gasteiger partial charge is 0.501 e. The van der Waals surface area contributed by atoms with Gasteiger partial charge in [-0.2, -0.15) is 0 Å². The number of ether oxygens (including phenoxy) is 2. The van der Waals surface area contributed by atoms with E-state index in [9.17, 15) is 13.2 Å². The van der Waals surface area contributed by atoms with Crippen molar-refractivity contribution in [3.05, 3.63) is 83.6 Å². The second-order valence-electron chi connectivity index (χ2n) is 11.2. The molecular formula is C32H37N3O5S. The van der Waals surface area contributed by atoms with Crippen LogP contribution in [0.1, 0.15) is 55.7 Å². The van der Waals surface area contributed by atoms with E-state index in [0.717, 1.165) is 47.3 Å². The zero-order chi connectivity index (χ0) is 28.2. The van der Waals surface area contributed by atoms with Gasteiger partial charge >= 0.3 is 0 Å². The maximum Gasteiger partial charge on any atom is 0.241 e. The monoisotopic (exact) mass is 575 g/mol. The fourth-order valence-corrected chi connectivity index (χ4v) is 7.27. The summed E-state index contributed by atoms with van der Waals surface area (Å²) >= 11 is 0. The van der Waals surface area contributed by atoms with Gasteiger partial charge in [-0.05, 0) is 66.0 Å². The zero-order valence-corrected chi connectivity index (χ0v) is 24.0. The fraction of sp³-hybridized carbons (Fsp3) is 0.406. The number of rotatable bonds is 9. The van der Waals surface area contributed by atoms with Crippen molar-refractivity contribution < 1.29 is 22.7 Å². The molecule has 0 aromatic heterocycles. The lowest BCUT2D eigenvalue weighted by atomic mass is 9.97. The summed E-state index contributed by atoms with van der Waals surface area (Å²) in [5, 5.41) is 4.95. The van der Waals surface area contributed by atoms with Gasteiger partial charge in [0.05, 0.1) is 36.5 Å². The molecule has 8 nitrogen and oxygen atoms in total. The third-order valence-electron chi connectivity index (χ3n) is 8.22. The molecule has 2 N–H and O–H groups in total. The molecule has 2 atom stereocenters. The molecule has 3 aromatic carbocycles. The lowest BCUT2D eigenvalue weighted by Crippen LogP contribution is -2.41. The van der Waals surface area contributed by atoms with Crippen molar-refractivity contribution >= 4 is 26.7 Å². The summed E-state index contributed by atoms with van der Waals surface area (Å²) in [6.45, 7) is 4.15. The minimum atomic E-state index is -3.88. The van der Waals surface area contributed by atoms with E-state index in [1.807, 2.05) is 24.3 Å². The van der Waals surface area contributed by atoms with Gasteiger partial charge in [0.15, 0.2) is 0 Å². The lowest BCUT2D eigenvalue weighted by Gasteiger charge is -2.29. The van der Waals surface area contributed by atoms with Crippen LogP contribution in [0, 0.1) is 0 Å². The Balaban J connectivity index is 1.14. The van der Waals surface area contributed by atoms with E-state index in [-0.39, 0.29) is 23.3 Å². The van der Waals surface area contributed by atoms with Gasteiger partial charge in [-0.25, -0.2) is 13.1 Å². The lowest BCUT2D eigenvalue weighted by molar-refractivity contribution is -0.122. The molecule has 3 aromatic rings. The van der Waals surface area contributed by atoms with Crippen LogP contribution in [-0.4, -0.2) is 51.6 Å². The molecule has 3 aliphatic rings. The maximum atomic E-state index is 13.4. The Bertz CT molecular complexity index is 1550. The zero-order valence-electron chi connectivity index (χ0n) is 23.2. The van der Waals surface area contributed by atoms with Gasteiger partial charge in [-0.3, -0.25) is 9.69 Å². The number of nitrogens with zero attached hydrogens (tertiary/aromatic N) is 1. The number of sulfonamides is 1. The average molecular weight is 576 g/mol. The molecule has 0 spiro atoms. The topological polar surface area (TPSA) is 97.0 Å². The Hall–Kier alpha value is -3.40. The summed E-state index contributed by atoms with van der Waals surface area (Å²) in [6.07, 6.45) is 6.58. The van der Waals surface area contributed by atoms with Crippen LogP contribution in [-0.2, 0) is 26.1 Å². The third kappa shape index (κ3) is 6.58. The smallest absolute Gasteiger partial charge is 0.241 e. The van der Waals surface area contributed by atoms with E-state index >= 15 is 0 Å². The maximum absolute atomic E-state index is 13.4. The molecule has 0 aliphatic carbocycles. The molecule has 6 rings (SSSR count). The van der Waals surface area contributed by atoms with Gasteiger partial charge in [-0.1, -0.05) is 48.9 Å². The minimum Gasteiger partial charge on any atom is -0.501 e. The first-order valence-electron chi connectivity index (χ1n) is 14.5. The quantitative estimate of drug-likeness (QED) is 0.380. The van der Waals surface area contributed by atoms with Gasteiger partial charge < -0.3 is 14.8 Å². The molecule has 1 amide bonds. The second-order valence-corrected chi connectivity index (χ2v) is 12.9. The average Bonchev–Trinajstić information content (AvgIpc) is 3.52. The van der Waals surface area contributed by atoms with Crippen molar-refractivity contribution in [3.63, 3.8) is 0 Å². The molecule has 3 heterocycles. The van der Waals surface area contributed by atoms with Crippen LogP contribution in [0.4, 0.5) is 0 Å². The highest BCUT2D eigenvalue weighted by molar-refractivity contribution is 7.89. The van der Waals surface area contributed by atoms with Gasteiger partial charge in [-0.15, -0.1) is 0 Å². The van der Waals surface area contributed by atoms with Crippen molar-refractivity contribution in [1.29, 1.82) is 0 Å². The number of nitrogens with one attached hydrogen (secondary N) is 2. The number of amides is 1. The Morgan fingerprint density at radius 1 is 0.976 bits per heavy atom. The highest BCUT2D eigenvalue weighted by Crippen LogP contribution is 2.34. The van der Waals surface area contributed by atoms with Crippen molar-refractivity contribution in [1.82, 2.24) is 14.9 Å². The molecule has 3 aliphatic heterocycles. The van der Waals surface area contributed by atoms with Gasteiger partial charge in [0.1, 0.15) is 5.75 Å². The molecule has 0 bridgehead atoms. The van der Waals surface area contributed by atoms with Crippen LogP contribution in [0.15, 0.2) is 77.4 Å².